The monoisotopic (exact) mass is 255 g/mol. The van der Waals surface area contributed by atoms with Gasteiger partial charge in [0.15, 0.2) is 0 Å². The van der Waals surface area contributed by atoms with Gasteiger partial charge in [0.05, 0.1) is 0 Å². The van der Waals surface area contributed by atoms with Gasteiger partial charge in [0.25, 0.3) is 0 Å². The maximum atomic E-state index is 5.26. The Kier molecular flexibility index (Phi) is 2.65. The smallest absolute Gasteiger partial charge is 0.106 e. The Balaban J connectivity index is 2.48. The van der Waals surface area contributed by atoms with Crippen LogP contribution in [0.4, 0.5) is 0 Å². The van der Waals surface area contributed by atoms with Gasteiger partial charge in [-0.05, 0) is 30.5 Å². The molecule has 13 heavy (non-hydrogen) atoms. The van der Waals surface area contributed by atoms with E-state index in [0.717, 1.165) is 28.8 Å². The Hall–Kier alpha value is -0.410. The van der Waals surface area contributed by atoms with Crippen LogP contribution in [-0.2, 0) is 6.42 Å². The standard InChI is InChI=1S/C10H10BrNS/c11-8-3-4-9-7(6-8)2-1-5-12-10(9)13/h3-4,6H,1-2,5H2,(H,12,13). The predicted octanol–water partition coefficient (Wildman–Crippen LogP) is 2.66. The topological polar surface area (TPSA) is 12.0 Å². The summed E-state index contributed by atoms with van der Waals surface area (Å²) >= 11 is 8.74. The highest BCUT2D eigenvalue weighted by Crippen LogP contribution is 2.20. The first-order valence-electron chi connectivity index (χ1n) is 4.34. The molecule has 0 atom stereocenters. The molecule has 0 fully saturated rings. The molecule has 0 aliphatic carbocycles. The van der Waals surface area contributed by atoms with E-state index in [1.165, 1.54) is 11.1 Å². The average molecular weight is 256 g/mol. The van der Waals surface area contributed by atoms with Crippen LogP contribution in [0.3, 0.4) is 0 Å². The second-order valence-corrected chi connectivity index (χ2v) is 4.48. The summed E-state index contributed by atoms with van der Waals surface area (Å²) in [6.07, 6.45) is 2.27. The first-order valence-corrected chi connectivity index (χ1v) is 5.54. The molecule has 1 N–H and O–H groups in total. The van der Waals surface area contributed by atoms with E-state index < -0.39 is 0 Å². The average Bonchev–Trinajstić information content (AvgIpc) is 2.28. The highest BCUT2D eigenvalue weighted by atomic mass is 79.9. The minimum atomic E-state index is 0.889. The lowest BCUT2D eigenvalue weighted by Crippen LogP contribution is -2.21. The minimum absolute atomic E-state index is 0.889. The molecular formula is C10H10BrNS. The molecule has 1 nitrogen and oxygen atoms in total. The predicted molar refractivity (Wildman–Crippen MR) is 62.2 cm³/mol. The summed E-state index contributed by atoms with van der Waals surface area (Å²) in [5.74, 6) is 0. The SMILES string of the molecule is S=C1NCCCc2cc(Br)ccc21. The van der Waals surface area contributed by atoms with Crippen molar-refractivity contribution in [2.75, 3.05) is 6.54 Å². The number of fused-ring (bicyclic) bond motifs is 1. The van der Waals surface area contributed by atoms with Crippen molar-refractivity contribution in [3.63, 3.8) is 0 Å². The van der Waals surface area contributed by atoms with Crippen LogP contribution in [0.15, 0.2) is 22.7 Å². The zero-order chi connectivity index (χ0) is 9.26. The molecule has 1 aliphatic rings. The Morgan fingerprint density at radius 3 is 3.08 bits per heavy atom. The number of hydrogen-bond acceptors (Lipinski definition) is 1. The quantitative estimate of drug-likeness (QED) is 0.716. The molecule has 68 valence electrons. The normalized spacial score (nSPS) is 15.9. The summed E-state index contributed by atoms with van der Waals surface area (Å²) in [6, 6.07) is 6.28. The van der Waals surface area contributed by atoms with Crippen molar-refractivity contribution >= 4 is 33.1 Å². The molecule has 0 saturated heterocycles. The van der Waals surface area contributed by atoms with Gasteiger partial charge in [0.2, 0.25) is 0 Å². The third-order valence-electron chi connectivity index (χ3n) is 2.22. The lowest BCUT2D eigenvalue weighted by Gasteiger charge is -2.06. The van der Waals surface area contributed by atoms with Gasteiger partial charge in [-0.3, -0.25) is 0 Å². The summed E-state index contributed by atoms with van der Waals surface area (Å²) in [5.41, 5.74) is 2.54. The van der Waals surface area contributed by atoms with Crippen molar-refractivity contribution in [1.82, 2.24) is 5.32 Å². The molecule has 0 amide bonds. The van der Waals surface area contributed by atoms with Gasteiger partial charge in [-0.1, -0.05) is 34.2 Å². The largest absolute Gasteiger partial charge is 0.376 e. The Bertz CT molecular complexity index is 349. The van der Waals surface area contributed by atoms with E-state index in [0.29, 0.717) is 0 Å². The van der Waals surface area contributed by atoms with Crippen molar-refractivity contribution in [2.24, 2.45) is 0 Å². The van der Waals surface area contributed by atoms with Gasteiger partial charge in [-0.2, -0.15) is 0 Å². The number of nitrogens with one attached hydrogen (secondary N) is 1. The first kappa shape index (κ1) is 9.16. The van der Waals surface area contributed by atoms with Crippen molar-refractivity contribution in [1.29, 1.82) is 0 Å². The molecule has 1 aliphatic heterocycles. The van der Waals surface area contributed by atoms with Gasteiger partial charge in [-0.15, -0.1) is 0 Å². The first-order chi connectivity index (χ1) is 6.27. The van der Waals surface area contributed by atoms with Crippen LogP contribution in [0.1, 0.15) is 17.5 Å². The molecule has 0 aromatic heterocycles. The number of thiocarbonyl (C=S) groups is 1. The van der Waals surface area contributed by atoms with Crippen molar-refractivity contribution in [2.45, 2.75) is 12.8 Å². The minimum Gasteiger partial charge on any atom is -0.376 e. The van der Waals surface area contributed by atoms with Crippen LogP contribution in [0.5, 0.6) is 0 Å². The summed E-state index contributed by atoms with van der Waals surface area (Å²) < 4.78 is 1.14. The van der Waals surface area contributed by atoms with E-state index >= 15 is 0 Å². The maximum Gasteiger partial charge on any atom is 0.106 e. The number of rotatable bonds is 0. The molecule has 0 saturated carbocycles. The third-order valence-corrected chi connectivity index (χ3v) is 3.08. The van der Waals surface area contributed by atoms with Crippen LogP contribution >= 0.6 is 28.1 Å². The van der Waals surface area contributed by atoms with Crippen LogP contribution in [0.2, 0.25) is 0 Å². The van der Waals surface area contributed by atoms with Crippen LogP contribution < -0.4 is 5.32 Å². The van der Waals surface area contributed by atoms with E-state index in [-0.39, 0.29) is 0 Å². The number of hydrogen-bond donors (Lipinski definition) is 1. The molecule has 3 heteroatoms. The second kappa shape index (κ2) is 3.76. The third kappa shape index (κ3) is 1.92. The maximum absolute atomic E-state index is 5.26. The molecule has 0 bridgehead atoms. The van der Waals surface area contributed by atoms with Gasteiger partial charge < -0.3 is 5.32 Å². The van der Waals surface area contributed by atoms with Gasteiger partial charge in [-0.25, -0.2) is 0 Å². The van der Waals surface area contributed by atoms with Crippen molar-refractivity contribution in [3.8, 4) is 0 Å². The summed E-state index contributed by atoms with van der Waals surface area (Å²) in [4.78, 5) is 0.889. The molecule has 2 rings (SSSR count). The molecule has 0 radical (unpaired) electrons. The molecule has 1 aromatic rings. The fourth-order valence-electron chi connectivity index (χ4n) is 1.57. The number of halogens is 1. The van der Waals surface area contributed by atoms with Crippen LogP contribution in [-0.4, -0.2) is 11.5 Å². The lowest BCUT2D eigenvalue weighted by atomic mass is 10.0. The highest BCUT2D eigenvalue weighted by Gasteiger charge is 2.11. The summed E-state index contributed by atoms with van der Waals surface area (Å²) in [7, 11) is 0. The number of benzene rings is 1. The summed E-state index contributed by atoms with van der Waals surface area (Å²) in [5, 5.41) is 3.24. The van der Waals surface area contributed by atoms with Crippen molar-refractivity contribution in [3.05, 3.63) is 33.8 Å². The molecule has 1 aromatic carbocycles. The molecule has 1 heterocycles. The molecular weight excluding hydrogens is 246 g/mol. The number of aryl methyl sites for hydroxylation is 1. The highest BCUT2D eigenvalue weighted by molar-refractivity contribution is 9.10. The Morgan fingerprint density at radius 1 is 1.38 bits per heavy atom. The van der Waals surface area contributed by atoms with Crippen LogP contribution in [0, 0.1) is 0 Å². The van der Waals surface area contributed by atoms with E-state index in [1.54, 1.807) is 0 Å². The summed E-state index contributed by atoms with van der Waals surface area (Å²) in [6.45, 7) is 0.991. The van der Waals surface area contributed by atoms with Gasteiger partial charge in [0, 0.05) is 16.6 Å². The fraction of sp³-hybridized carbons (Fsp3) is 0.300. The van der Waals surface area contributed by atoms with Gasteiger partial charge in [0.1, 0.15) is 4.99 Å². The Labute approximate surface area is 91.7 Å². The molecule has 0 unspecified atom stereocenters. The molecule has 0 spiro atoms. The van der Waals surface area contributed by atoms with E-state index in [2.05, 4.69) is 33.4 Å². The van der Waals surface area contributed by atoms with E-state index in [1.807, 2.05) is 6.07 Å². The van der Waals surface area contributed by atoms with Crippen molar-refractivity contribution < 1.29 is 0 Å². The zero-order valence-electron chi connectivity index (χ0n) is 7.14. The second-order valence-electron chi connectivity index (χ2n) is 3.16. The van der Waals surface area contributed by atoms with Crippen LogP contribution in [0.25, 0.3) is 0 Å². The lowest BCUT2D eigenvalue weighted by molar-refractivity contribution is 0.794. The zero-order valence-corrected chi connectivity index (χ0v) is 9.54. The fourth-order valence-corrected chi connectivity index (χ4v) is 2.28. The van der Waals surface area contributed by atoms with E-state index in [4.69, 9.17) is 12.2 Å². The van der Waals surface area contributed by atoms with E-state index in [9.17, 15) is 0 Å². The Morgan fingerprint density at radius 2 is 2.23 bits per heavy atom. The van der Waals surface area contributed by atoms with Gasteiger partial charge >= 0.3 is 0 Å².